The van der Waals surface area contributed by atoms with E-state index in [4.69, 9.17) is 4.52 Å². The lowest BCUT2D eigenvalue weighted by Gasteiger charge is -2.33. The van der Waals surface area contributed by atoms with Crippen molar-refractivity contribution in [3.8, 4) is 0 Å². The molecule has 164 valence electrons. The van der Waals surface area contributed by atoms with Crippen LogP contribution in [0, 0.1) is 6.92 Å². The quantitative estimate of drug-likeness (QED) is 0.732. The summed E-state index contributed by atoms with van der Waals surface area (Å²) in [7, 11) is -3.88. The minimum atomic E-state index is -4.52. The number of hydrogen-bond acceptors (Lipinski definition) is 6. The van der Waals surface area contributed by atoms with Crippen molar-refractivity contribution in [1.82, 2.24) is 14.4 Å². The van der Waals surface area contributed by atoms with Crippen LogP contribution < -0.4 is 5.32 Å². The van der Waals surface area contributed by atoms with Crippen LogP contribution in [0.2, 0.25) is 0 Å². The van der Waals surface area contributed by atoms with Crippen molar-refractivity contribution in [3.05, 3.63) is 41.7 Å². The molecular weight excluding hydrogens is 425 g/mol. The fraction of sp³-hybridized carbons (Fsp3) is 0.444. The van der Waals surface area contributed by atoms with E-state index in [1.54, 1.807) is 13.0 Å². The van der Waals surface area contributed by atoms with Crippen molar-refractivity contribution in [1.29, 1.82) is 0 Å². The summed E-state index contributed by atoms with van der Waals surface area (Å²) in [6, 6.07) is 5.07. The maximum Gasteiger partial charge on any atom is 0.416 e. The van der Waals surface area contributed by atoms with E-state index >= 15 is 0 Å². The van der Waals surface area contributed by atoms with Crippen molar-refractivity contribution >= 4 is 21.7 Å². The van der Waals surface area contributed by atoms with E-state index < -0.39 is 21.8 Å². The summed E-state index contributed by atoms with van der Waals surface area (Å²) in [5.74, 6) is 0.684. The zero-order chi connectivity index (χ0) is 21.9. The molecule has 0 unspecified atom stereocenters. The third-order valence-electron chi connectivity index (χ3n) is 4.70. The number of aromatic nitrogens is 1. The summed E-state index contributed by atoms with van der Waals surface area (Å²) < 4.78 is 69.4. The fourth-order valence-electron chi connectivity index (χ4n) is 3.05. The van der Waals surface area contributed by atoms with Crippen molar-refractivity contribution in [2.75, 3.05) is 38.0 Å². The van der Waals surface area contributed by atoms with Gasteiger partial charge < -0.3 is 14.7 Å². The highest BCUT2D eigenvalue weighted by Gasteiger charge is 2.32. The molecule has 1 fully saturated rings. The molecule has 1 saturated heterocycles. The summed E-state index contributed by atoms with van der Waals surface area (Å²) in [5.41, 5.74) is -0.898. The molecule has 8 nitrogen and oxygen atoms in total. The summed E-state index contributed by atoms with van der Waals surface area (Å²) in [5, 5.41) is 6.29. The van der Waals surface area contributed by atoms with E-state index in [1.807, 2.05) is 4.90 Å². The van der Waals surface area contributed by atoms with Gasteiger partial charge in [-0.2, -0.15) is 17.5 Å². The first-order valence-electron chi connectivity index (χ1n) is 9.18. The van der Waals surface area contributed by atoms with Gasteiger partial charge >= 0.3 is 6.18 Å². The first-order chi connectivity index (χ1) is 14.1. The number of aryl methyl sites for hydroxylation is 1. The van der Waals surface area contributed by atoms with Crippen LogP contribution >= 0.6 is 0 Å². The van der Waals surface area contributed by atoms with E-state index in [2.05, 4.69) is 10.5 Å². The molecule has 0 bridgehead atoms. The van der Waals surface area contributed by atoms with Crippen LogP contribution in [0.3, 0.4) is 0 Å². The number of benzene rings is 1. The zero-order valence-electron chi connectivity index (χ0n) is 16.1. The number of piperazine rings is 1. The molecule has 0 aliphatic carbocycles. The Bertz CT molecular complexity index is 982. The Morgan fingerprint density at radius 2 is 1.80 bits per heavy atom. The average Bonchev–Trinajstić information content (AvgIpc) is 3.10. The van der Waals surface area contributed by atoms with Crippen LogP contribution in [0.4, 0.5) is 19.0 Å². The maximum absolute atomic E-state index is 12.7. The number of halogens is 3. The Morgan fingerprint density at radius 1 is 1.17 bits per heavy atom. The SMILES string of the molecule is Cc1cc(NC(=O)CCN2CCN(S(=O)(=O)c3ccc(C(F)(F)F)cc3)CC2)no1. The number of rotatable bonds is 6. The van der Waals surface area contributed by atoms with Gasteiger partial charge in [-0.3, -0.25) is 4.79 Å². The predicted molar refractivity (Wildman–Crippen MR) is 101 cm³/mol. The molecule has 0 spiro atoms. The van der Waals surface area contributed by atoms with Crippen molar-refractivity contribution in [3.63, 3.8) is 0 Å². The molecule has 1 aromatic heterocycles. The smallest absolute Gasteiger partial charge is 0.360 e. The molecule has 12 heteroatoms. The Balaban J connectivity index is 1.50. The molecule has 3 rings (SSSR count). The second kappa shape index (κ2) is 8.74. The lowest BCUT2D eigenvalue weighted by atomic mass is 10.2. The predicted octanol–water partition coefficient (Wildman–Crippen LogP) is 2.34. The van der Waals surface area contributed by atoms with Gasteiger partial charge in [0.2, 0.25) is 15.9 Å². The minimum Gasteiger partial charge on any atom is -0.360 e. The second-order valence-electron chi connectivity index (χ2n) is 6.89. The van der Waals surface area contributed by atoms with E-state index in [1.165, 1.54) is 4.31 Å². The highest BCUT2D eigenvalue weighted by molar-refractivity contribution is 7.89. The molecule has 2 heterocycles. The van der Waals surface area contributed by atoms with Crippen LogP contribution in [-0.2, 0) is 21.0 Å². The molecule has 1 aromatic carbocycles. The molecule has 1 amide bonds. The number of anilines is 1. The van der Waals surface area contributed by atoms with Gasteiger partial charge in [0.25, 0.3) is 0 Å². The van der Waals surface area contributed by atoms with Gasteiger partial charge in [-0.05, 0) is 31.2 Å². The average molecular weight is 446 g/mol. The summed E-state index contributed by atoms with van der Waals surface area (Å²) in [6.07, 6.45) is -4.32. The lowest BCUT2D eigenvalue weighted by molar-refractivity contribution is -0.137. The van der Waals surface area contributed by atoms with Crippen LogP contribution in [-0.4, -0.2) is 61.4 Å². The number of alkyl halides is 3. The number of amides is 1. The third kappa shape index (κ3) is 5.37. The highest BCUT2D eigenvalue weighted by Crippen LogP contribution is 2.30. The molecule has 1 aliphatic heterocycles. The van der Waals surface area contributed by atoms with Crippen molar-refractivity contribution in [2.24, 2.45) is 0 Å². The normalized spacial score (nSPS) is 16.5. The topological polar surface area (TPSA) is 95.8 Å². The molecule has 0 saturated carbocycles. The Kier molecular flexibility index (Phi) is 6.48. The first-order valence-corrected chi connectivity index (χ1v) is 10.6. The molecular formula is C18H21F3N4O4S. The number of sulfonamides is 1. The minimum absolute atomic E-state index is 0.175. The van der Waals surface area contributed by atoms with Crippen LogP contribution in [0.1, 0.15) is 17.7 Å². The van der Waals surface area contributed by atoms with Gasteiger partial charge in [0.15, 0.2) is 5.82 Å². The summed E-state index contributed by atoms with van der Waals surface area (Å²) in [6.45, 7) is 3.35. The number of carbonyl (C=O) groups excluding carboxylic acids is 1. The second-order valence-corrected chi connectivity index (χ2v) is 8.83. The standard InChI is InChI=1S/C18H21F3N4O4S/c1-13-12-16(23-29-13)22-17(26)6-7-24-8-10-25(11-9-24)30(27,28)15-4-2-14(3-5-15)18(19,20)21/h2-5,12H,6-11H2,1H3,(H,22,23,26). The van der Waals surface area contributed by atoms with Crippen LogP contribution in [0.25, 0.3) is 0 Å². The summed E-state index contributed by atoms with van der Waals surface area (Å²) >= 11 is 0. The first kappa shape index (κ1) is 22.2. The van der Waals surface area contributed by atoms with E-state index in [0.717, 1.165) is 24.3 Å². The van der Waals surface area contributed by atoms with Gasteiger partial charge in [0.05, 0.1) is 10.5 Å². The number of nitrogens with one attached hydrogen (secondary N) is 1. The number of nitrogens with zero attached hydrogens (tertiary/aromatic N) is 3. The number of hydrogen-bond donors (Lipinski definition) is 1. The van der Waals surface area contributed by atoms with Crippen LogP contribution in [0.15, 0.2) is 39.8 Å². The number of carbonyl (C=O) groups is 1. The van der Waals surface area contributed by atoms with Crippen LogP contribution in [0.5, 0.6) is 0 Å². The van der Waals surface area contributed by atoms with Gasteiger partial charge in [-0.15, -0.1) is 0 Å². The van der Waals surface area contributed by atoms with E-state index in [9.17, 15) is 26.4 Å². The Labute approximate surface area is 171 Å². The monoisotopic (exact) mass is 446 g/mol. The maximum atomic E-state index is 12.7. The molecule has 0 atom stereocenters. The van der Waals surface area contributed by atoms with Gasteiger partial charge in [-0.25, -0.2) is 8.42 Å². The fourth-order valence-corrected chi connectivity index (χ4v) is 4.47. The zero-order valence-corrected chi connectivity index (χ0v) is 17.0. The Hall–Kier alpha value is -2.44. The van der Waals surface area contributed by atoms with Gasteiger partial charge in [0.1, 0.15) is 5.76 Å². The van der Waals surface area contributed by atoms with Crippen molar-refractivity contribution in [2.45, 2.75) is 24.4 Å². The van der Waals surface area contributed by atoms with E-state index in [-0.39, 0.29) is 30.3 Å². The lowest BCUT2D eigenvalue weighted by Crippen LogP contribution is -2.49. The van der Waals surface area contributed by atoms with Gasteiger partial charge in [0, 0.05) is 45.2 Å². The highest BCUT2D eigenvalue weighted by atomic mass is 32.2. The van der Waals surface area contributed by atoms with E-state index in [0.29, 0.717) is 31.2 Å². The third-order valence-corrected chi connectivity index (χ3v) is 6.61. The molecule has 30 heavy (non-hydrogen) atoms. The summed E-state index contributed by atoms with van der Waals surface area (Å²) in [4.78, 5) is 13.7. The molecule has 1 aliphatic rings. The van der Waals surface area contributed by atoms with Crippen molar-refractivity contribution < 1.29 is 30.9 Å². The Morgan fingerprint density at radius 3 is 2.33 bits per heavy atom. The van der Waals surface area contributed by atoms with Gasteiger partial charge in [-0.1, -0.05) is 5.16 Å². The molecule has 0 radical (unpaired) electrons. The molecule has 2 aromatic rings. The largest absolute Gasteiger partial charge is 0.416 e. The molecule has 1 N–H and O–H groups in total.